The van der Waals surface area contributed by atoms with Gasteiger partial charge in [0.1, 0.15) is 5.82 Å². The van der Waals surface area contributed by atoms with Crippen LogP contribution in [0.2, 0.25) is 0 Å². The molecule has 4 nitrogen and oxygen atoms in total. The maximum absolute atomic E-state index is 13.2. The van der Waals surface area contributed by atoms with E-state index in [1.54, 1.807) is 0 Å². The number of hydrogen-bond donors (Lipinski definition) is 2. The first-order valence-corrected chi connectivity index (χ1v) is 5.10. The van der Waals surface area contributed by atoms with E-state index in [0.29, 0.717) is 19.5 Å². The van der Waals surface area contributed by atoms with E-state index >= 15 is 0 Å². The first-order valence-electron chi connectivity index (χ1n) is 5.10. The molecule has 3 N–H and O–H groups in total. The van der Waals surface area contributed by atoms with E-state index in [-0.39, 0.29) is 17.2 Å². The van der Waals surface area contributed by atoms with E-state index in [2.05, 4.69) is 0 Å². The molecule has 0 aromatic heterocycles. The second kappa shape index (κ2) is 4.09. The number of nitrogens with two attached hydrogens (primary N) is 1. The summed E-state index contributed by atoms with van der Waals surface area (Å²) in [7, 11) is 0. The first kappa shape index (κ1) is 10.9. The fraction of sp³-hybridized carbons (Fsp3) is 0.364. The quantitative estimate of drug-likeness (QED) is 0.687. The minimum absolute atomic E-state index is 0.0259. The van der Waals surface area contributed by atoms with Crippen molar-refractivity contribution in [1.82, 2.24) is 4.90 Å². The van der Waals surface area contributed by atoms with Crippen molar-refractivity contribution in [2.75, 3.05) is 18.8 Å². The number of carbonyl (C=O) groups excluding carboxylic acids is 1. The number of halogens is 1. The van der Waals surface area contributed by atoms with E-state index < -0.39 is 11.9 Å². The molecule has 0 spiro atoms. The number of rotatable bonds is 1. The molecule has 1 atom stereocenters. The van der Waals surface area contributed by atoms with E-state index in [9.17, 15) is 14.3 Å². The van der Waals surface area contributed by atoms with Crippen molar-refractivity contribution in [3.05, 3.63) is 29.6 Å². The maximum atomic E-state index is 13.2. The van der Waals surface area contributed by atoms with E-state index in [0.717, 1.165) is 6.07 Å². The summed E-state index contributed by atoms with van der Waals surface area (Å²) < 4.78 is 13.2. The molecule has 1 saturated heterocycles. The first-order chi connectivity index (χ1) is 7.58. The fourth-order valence-electron chi connectivity index (χ4n) is 1.77. The molecule has 1 aliphatic rings. The van der Waals surface area contributed by atoms with Crippen LogP contribution >= 0.6 is 0 Å². The van der Waals surface area contributed by atoms with Crippen molar-refractivity contribution in [2.45, 2.75) is 12.5 Å². The molecule has 1 fully saturated rings. The van der Waals surface area contributed by atoms with Crippen molar-refractivity contribution >= 4 is 11.6 Å². The van der Waals surface area contributed by atoms with Crippen molar-refractivity contribution in [1.29, 1.82) is 0 Å². The lowest BCUT2D eigenvalue weighted by atomic mass is 10.2. The predicted octanol–water partition coefficient (Wildman–Crippen LogP) is 0.615. The lowest BCUT2D eigenvalue weighted by Crippen LogP contribution is -2.29. The van der Waals surface area contributed by atoms with Gasteiger partial charge in [-0.05, 0) is 24.6 Å². The Balaban J connectivity index is 2.18. The Hall–Kier alpha value is -1.62. The number of anilines is 1. The number of carbonyl (C=O) groups is 1. The Morgan fingerprint density at radius 2 is 2.31 bits per heavy atom. The zero-order valence-electron chi connectivity index (χ0n) is 8.69. The second-order valence-electron chi connectivity index (χ2n) is 3.93. The SMILES string of the molecule is Nc1ccc(C(=O)N2CCC(O)C2)cc1F. The highest BCUT2D eigenvalue weighted by Crippen LogP contribution is 2.17. The molecule has 5 heteroatoms. The van der Waals surface area contributed by atoms with Crippen LogP contribution in [0.5, 0.6) is 0 Å². The number of amides is 1. The van der Waals surface area contributed by atoms with Gasteiger partial charge in [-0.25, -0.2) is 4.39 Å². The second-order valence-corrected chi connectivity index (χ2v) is 3.93. The summed E-state index contributed by atoms with van der Waals surface area (Å²) in [6.45, 7) is 0.816. The molecular weight excluding hydrogens is 211 g/mol. The Morgan fingerprint density at radius 1 is 1.56 bits per heavy atom. The molecule has 0 bridgehead atoms. The third-order valence-corrected chi connectivity index (χ3v) is 2.70. The van der Waals surface area contributed by atoms with Crippen LogP contribution in [-0.4, -0.2) is 35.1 Å². The Kier molecular flexibility index (Phi) is 2.78. The summed E-state index contributed by atoms with van der Waals surface area (Å²) >= 11 is 0. The van der Waals surface area contributed by atoms with Crippen molar-refractivity contribution in [3.8, 4) is 0 Å². The lowest BCUT2D eigenvalue weighted by molar-refractivity contribution is 0.0764. The zero-order chi connectivity index (χ0) is 11.7. The van der Waals surface area contributed by atoms with Gasteiger partial charge in [-0.2, -0.15) is 0 Å². The van der Waals surface area contributed by atoms with Gasteiger partial charge in [0.05, 0.1) is 11.8 Å². The maximum Gasteiger partial charge on any atom is 0.254 e. The smallest absolute Gasteiger partial charge is 0.254 e. The molecule has 1 aromatic carbocycles. The summed E-state index contributed by atoms with van der Waals surface area (Å²) in [5, 5.41) is 9.31. The Labute approximate surface area is 92.5 Å². The number of benzene rings is 1. The highest BCUT2D eigenvalue weighted by Gasteiger charge is 2.25. The van der Waals surface area contributed by atoms with Crippen LogP contribution in [0.25, 0.3) is 0 Å². The van der Waals surface area contributed by atoms with Gasteiger partial charge in [-0.3, -0.25) is 4.79 Å². The van der Waals surface area contributed by atoms with Crippen molar-refractivity contribution in [2.24, 2.45) is 0 Å². The van der Waals surface area contributed by atoms with Crippen molar-refractivity contribution < 1.29 is 14.3 Å². The van der Waals surface area contributed by atoms with Crippen LogP contribution < -0.4 is 5.73 Å². The number of hydrogen-bond acceptors (Lipinski definition) is 3. The molecule has 1 aromatic rings. The van der Waals surface area contributed by atoms with Gasteiger partial charge < -0.3 is 15.7 Å². The topological polar surface area (TPSA) is 66.6 Å². The van der Waals surface area contributed by atoms with E-state index in [1.165, 1.54) is 17.0 Å². The number of β-amino-alcohol motifs (C(OH)–C–C–N with tert-alkyl or cyclic N) is 1. The normalized spacial score (nSPS) is 20.1. The van der Waals surface area contributed by atoms with Crippen LogP contribution in [0.4, 0.5) is 10.1 Å². The number of aliphatic hydroxyl groups excluding tert-OH is 1. The van der Waals surface area contributed by atoms with Crippen LogP contribution in [0.15, 0.2) is 18.2 Å². The van der Waals surface area contributed by atoms with E-state index in [1.807, 2.05) is 0 Å². The molecule has 16 heavy (non-hydrogen) atoms. The third kappa shape index (κ3) is 1.99. The standard InChI is InChI=1S/C11H13FN2O2/c12-9-5-7(1-2-10(9)13)11(16)14-4-3-8(15)6-14/h1-2,5,8,15H,3-4,6,13H2. The summed E-state index contributed by atoms with van der Waals surface area (Å²) in [6.07, 6.45) is 0.103. The summed E-state index contributed by atoms with van der Waals surface area (Å²) in [6, 6.07) is 3.99. The third-order valence-electron chi connectivity index (χ3n) is 2.70. The van der Waals surface area contributed by atoms with Gasteiger partial charge in [0.15, 0.2) is 0 Å². The summed E-state index contributed by atoms with van der Waals surface area (Å²) in [5.74, 6) is -0.860. The molecule has 0 saturated carbocycles. The highest BCUT2D eigenvalue weighted by atomic mass is 19.1. The number of nitrogen functional groups attached to an aromatic ring is 1. The summed E-state index contributed by atoms with van der Waals surface area (Å²) in [5.41, 5.74) is 5.62. The van der Waals surface area contributed by atoms with Gasteiger partial charge in [0, 0.05) is 18.7 Å². The molecule has 2 rings (SSSR count). The van der Waals surface area contributed by atoms with Gasteiger partial charge in [-0.15, -0.1) is 0 Å². The van der Waals surface area contributed by atoms with E-state index in [4.69, 9.17) is 5.73 Å². The molecule has 1 heterocycles. The van der Waals surface area contributed by atoms with Gasteiger partial charge >= 0.3 is 0 Å². The molecule has 0 radical (unpaired) electrons. The molecule has 1 unspecified atom stereocenters. The zero-order valence-corrected chi connectivity index (χ0v) is 8.69. The Bertz CT molecular complexity index is 422. The monoisotopic (exact) mass is 224 g/mol. The minimum Gasteiger partial charge on any atom is -0.396 e. The molecular formula is C11H13FN2O2. The lowest BCUT2D eigenvalue weighted by Gasteiger charge is -2.15. The molecule has 0 aliphatic carbocycles. The van der Waals surface area contributed by atoms with Crippen LogP contribution in [0.3, 0.4) is 0 Å². The number of nitrogens with zero attached hydrogens (tertiary/aromatic N) is 1. The summed E-state index contributed by atoms with van der Waals surface area (Å²) in [4.78, 5) is 13.4. The largest absolute Gasteiger partial charge is 0.396 e. The highest BCUT2D eigenvalue weighted by molar-refractivity contribution is 5.94. The van der Waals surface area contributed by atoms with Gasteiger partial charge in [0.25, 0.3) is 5.91 Å². The van der Waals surface area contributed by atoms with Crippen LogP contribution in [0.1, 0.15) is 16.8 Å². The molecule has 86 valence electrons. The van der Waals surface area contributed by atoms with Crippen LogP contribution in [0, 0.1) is 5.82 Å². The number of likely N-dealkylation sites (tertiary alicyclic amines) is 1. The molecule has 1 aliphatic heterocycles. The van der Waals surface area contributed by atoms with Crippen molar-refractivity contribution in [3.63, 3.8) is 0 Å². The Morgan fingerprint density at radius 3 is 2.88 bits per heavy atom. The molecule has 1 amide bonds. The average Bonchev–Trinajstić information content (AvgIpc) is 2.68. The van der Waals surface area contributed by atoms with Crippen LogP contribution in [-0.2, 0) is 0 Å². The minimum atomic E-state index is -0.592. The predicted molar refractivity (Wildman–Crippen MR) is 57.3 cm³/mol. The fourth-order valence-corrected chi connectivity index (χ4v) is 1.77. The van der Waals surface area contributed by atoms with Gasteiger partial charge in [0.2, 0.25) is 0 Å². The average molecular weight is 224 g/mol. The van der Waals surface area contributed by atoms with Gasteiger partial charge in [-0.1, -0.05) is 0 Å². The number of aliphatic hydroxyl groups is 1.